The number of nitrogens with one attached hydrogen (secondary N) is 1. The molecule has 0 atom stereocenters. The van der Waals surface area contributed by atoms with Crippen molar-refractivity contribution >= 4 is 34.1 Å². The Hall–Kier alpha value is -3.75. The maximum absolute atomic E-state index is 13.2. The number of nitrogens with two attached hydrogens (primary N) is 1. The molecule has 0 saturated carbocycles. The van der Waals surface area contributed by atoms with Crippen molar-refractivity contribution in [2.75, 3.05) is 43.1 Å². The van der Waals surface area contributed by atoms with Crippen molar-refractivity contribution in [3.05, 3.63) is 66.0 Å². The van der Waals surface area contributed by atoms with Crippen LogP contribution < -0.4 is 20.3 Å². The Morgan fingerprint density at radius 1 is 1.03 bits per heavy atom. The molecule has 3 aromatic rings. The lowest BCUT2D eigenvalue weighted by molar-refractivity contribution is -0.0918. The first-order chi connectivity index (χ1) is 15.8. The summed E-state index contributed by atoms with van der Waals surface area (Å²) < 4.78 is 44.7. The predicted molar refractivity (Wildman–Crippen MR) is 125 cm³/mol. The molecule has 9 heteroatoms. The molecule has 0 bridgehead atoms. The smallest absolute Gasteiger partial charge is 0.431 e. The van der Waals surface area contributed by atoms with E-state index >= 15 is 0 Å². The minimum Gasteiger partial charge on any atom is -0.497 e. The van der Waals surface area contributed by atoms with Gasteiger partial charge in [0.1, 0.15) is 11.4 Å². The normalized spacial score (nSPS) is 15.4. The second-order valence-corrected chi connectivity index (χ2v) is 7.70. The fraction of sp³-hybridized carbons (Fsp3) is 0.250. The number of alkyl halides is 3. The Morgan fingerprint density at radius 2 is 1.70 bits per heavy atom. The monoisotopic (exact) mass is 455 g/mol. The molecule has 6 nitrogen and oxygen atoms in total. The highest BCUT2D eigenvalue weighted by Crippen LogP contribution is 2.33. The molecule has 0 radical (unpaired) electrons. The summed E-state index contributed by atoms with van der Waals surface area (Å²) in [6.07, 6.45) is -2.37. The summed E-state index contributed by atoms with van der Waals surface area (Å²) in [6, 6.07) is 14.6. The summed E-state index contributed by atoms with van der Waals surface area (Å²) in [5, 5.41) is 8.22. The quantitative estimate of drug-likeness (QED) is 0.556. The van der Waals surface area contributed by atoms with Crippen molar-refractivity contribution in [3.8, 4) is 5.75 Å². The van der Waals surface area contributed by atoms with Crippen LogP contribution in [0.3, 0.4) is 0 Å². The lowest BCUT2D eigenvalue weighted by Crippen LogP contribution is -2.46. The minimum absolute atomic E-state index is 0.235. The summed E-state index contributed by atoms with van der Waals surface area (Å²) in [5.41, 5.74) is 6.59. The summed E-state index contributed by atoms with van der Waals surface area (Å²) in [5.74, 6) is 0.806. The largest absolute Gasteiger partial charge is 0.497 e. The number of hydrogen-bond donors (Lipinski definition) is 2. The molecular weight excluding hydrogens is 431 g/mol. The van der Waals surface area contributed by atoms with E-state index in [4.69, 9.17) is 15.9 Å². The van der Waals surface area contributed by atoms with Gasteiger partial charge in [-0.15, -0.1) is 0 Å². The van der Waals surface area contributed by atoms with E-state index in [0.717, 1.165) is 48.7 Å². The Morgan fingerprint density at radius 3 is 2.30 bits per heavy atom. The van der Waals surface area contributed by atoms with E-state index in [9.17, 15) is 13.2 Å². The maximum Gasteiger partial charge on any atom is 0.431 e. The summed E-state index contributed by atoms with van der Waals surface area (Å²) >= 11 is 0. The maximum atomic E-state index is 13.2. The molecule has 0 unspecified atom stereocenters. The molecule has 33 heavy (non-hydrogen) atoms. The lowest BCUT2D eigenvalue weighted by Gasteiger charge is -2.37. The van der Waals surface area contributed by atoms with Crippen LogP contribution in [0.25, 0.3) is 16.5 Å². The van der Waals surface area contributed by atoms with Crippen LogP contribution in [0.4, 0.5) is 24.5 Å². The average Bonchev–Trinajstić information content (AvgIpc) is 2.83. The van der Waals surface area contributed by atoms with Crippen LogP contribution in [-0.4, -0.2) is 50.7 Å². The number of nitrogens with zero attached hydrogens (tertiary/aromatic N) is 3. The highest BCUT2D eigenvalue weighted by atomic mass is 19.4. The van der Waals surface area contributed by atoms with E-state index in [1.165, 1.54) is 6.07 Å². The van der Waals surface area contributed by atoms with Crippen molar-refractivity contribution in [3.63, 3.8) is 0 Å². The topological polar surface area (TPSA) is 78.5 Å². The van der Waals surface area contributed by atoms with Crippen LogP contribution in [0.2, 0.25) is 0 Å². The van der Waals surface area contributed by atoms with E-state index < -0.39 is 11.9 Å². The van der Waals surface area contributed by atoms with Gasteiger partial charge in [-0.25, -0.2) is 0 Å². The second kappa shape index (κ2) is 9.01. The van der Waals surface area contributed by atoms with Crippen molar-refractivity contribution in [1.82, 2.24) is 4.98 Å². The van der Waals surface area contributed by atoms with E-state index in [2.05, 4.69) is 14.8 Å². The first-order valence-corrected chi connectivity index (χ1v) is 10.4. The van der Waals surface area contributed by atoms with Crippen molar-refractivity contribution < 1.29 is 17.9 Å². The molecule has 0 aliphatic carbocycles. The van der Waals surface area contributed by atoms with Gasteiger partial charge in [0.15, 0.2) is 0 Å². The number of aromatic nitrogens is 1. The Balaban J connectivity index is 1.62. The molecule has 172 valence electrons. The number of piperazine rings is 1. The molecule has 2 aromatic carbocycles. The average molecular weight is 455 g/mol. The number of methoxy groups -OCH3 is 1. The fourth-order valence-corrected chi connectivity index (χ4v) is 4.04. The van der Waals surface area contributed by atoms with Gasteiger partial charge in [0, 0.05) is 60.9 Å². The van der Waals surface area contributed by atoms with Gasteiger partial charge in [-0.3, -0.25) is 4.98 Å². The van der Waals surface area contributed by atoms with Gasteiger partial charge < -0.3 is 25.7 Å². The molecule has 1 saturated heterocycles. The highest BCUT2D eigenvalue weighted by molar-refractivity contribution is 6.11. The van der Waals surface area contributed by atoms with E-state index in [1.807, 2.05) is 30.3 Å². The zero-order chi connectivity index (χ0) is 23.6. The number of anilines is 2. The highest BCUT2D eigenvalue weighted by Gasteiger charge is 2.34. The van der Waals surface area contributed by atoms with Crippen LogP contribution in [-0.2, 0) is 0 Å². The van der Waals surface area contributed by atoms with Gasteiger partial charge >= 0.3 is 6.18 Å². The molecule has 1 aromatic heterocycles. The van der Waals surface area contributed by atoms with Crippen LogP contribution in [0.1, 0.15) is 5.56 Å². The van der Waals surface area contributed by atoms with Crippen molar-refractivity contribution in [1.29, 1.82) is 5.41 Å². The predicted octanol–water partition coefficient (Wildman–Crippen LogP) is 4.45. The standard InChI is InChI=1S/C24H24F3N5O/c1-33-18-5-3-17(4-6-18)31-10-12-32(13-11-31)22-8-9-30-21-7-2-16(14-19(21)22)20(15-28)23(29)24(25,26)27/h2-9,14-15,28H,10-13,29H2,1H3. The van der Waals surface area contributed by atoms with E-state index in [0.29, 0.717) is 11.7 Å². The van der Waals surface area contributed by atoms with E-state index in [1.54, 1.807) is 25.4 Å². The zero-order valence-electron chi connectivity index (χ0n) is 18.1. The number of benzene rings is 2. The van der Waals surface area contributed by atoms with Gasteiger partial charge in [0.2, 0.25) is 0 Å². The molecule has 4 rings (SSSR count). The third-order valence-corrected chi connectivity index (χ3v) is 5.83. The molecule has 3 N–H and O–H groups in total. The molecule has 0 spiro atoms. The number of halogens is 3. The molecule has 0 amide bonds. The van der Waals surface area contributed by atoms with Gasteiger partial charge in [-0.05, 0) is 48.0 Å². The van der Waals surface area contributed by atoms with Gasteiger partial charge in [-0.1, -0.05) is 6.07 Å². The number of pyridine rings is 1. The van der Waals surface area contributed by atoms with E-state index in [-0.39, 0.29) is 11.1 Å². The Labute approximate surface area is 189 Å². The first-order valence-electron chi connectivity index (χ1n) is 10.4. The van der Waals surface area contributed by atoms with Crippen LogP contribution in [0, 0.1) is 5.41 Å². The summed E-state index contributed by atoms with van der Waals surface area (Å²) in [7, 11) is 1.64. The SMILES string of the molecule is COc1ccc(N2CCN(c3ccnc4ccc(C(C=N)=C(N)C(F)(F)F)cc34)CC2)cc1. The van der Waals surface area contributed by atoms with Crippen LogP contribution in [0.15, 0.2) is 60.4 Å². The molecule has 2 heterocycles. The minimum atomic E-state index is -4.71. The van der Waals surface area contributed by atoms with Crippen molar-refractivity contribution in [2.45, 2.75) is 6.18 Å². The number of allylic oxidation sites excluding steroid dienone is 2. The second-order valence-electron chi connectivity index (χ2n) is 7.70. The van der Waals surface area contributed by atoms with Crippen LogP contribution >= 0.6 is 0 Å². The molecular formula is C24H24F3N5O. The third kappa shape index (κ3) is 4.57. The molecule has 1 aliphatic rings. The number of rotatable bonds is 5. The third-order valence-electron chi connectivity index (χ3n) is 5.83. The molecule has 1 aliphatic heterocycles. The Bertz CT molecular complexity index is 1180. The molecule has 1 fully saturated rings. The fourth-order valence-electron chi connectivity index (χ4n) is 4.04. The first kappa shape index (κ1) is 22.4. The number of hydrogen-bond acceptors (Lipinski definition) is 6. The van der Waals surface area contributed by atoms with Gasteiger partial charge in [-0.2, -0.15) is 13.2 Å². The van der Waals surface area contributed by atoms with Crippen LogP contribution in [0.5, 0.6) is 5.75 Å². The van der Waals surface area contributed by atoms with Gasteiger partial charge in [0.25, 0.3) is 0 Å². The Kier molecular flexibility index (Phi) is 6.13. The number of fused-ring (bicyclic) bond motifs is 1. The summed E-state index contributed by atoms with van der Waals surface area (Å²) in [4.78, 5) is 8.85. The number of ether oxygens (including phenoxy) is 1. The van der Waals surface area contributed by atoms with Crippen molar-refractivity contribution in [2.24, 2.45) is 5.73 Å². The van der Waals surface area contributed by atoms with Gasteiger partial charge in [0.05, 0.1) is 12.6 Å². The summed E-state index contributed by atoms with van der Waals surface area (Å²) in [6.45, 7) is 3.08. The zero-order valence-corrected chi connectivity index (χ0v) is 18.1. The lowest BCUT2D eigenvalue weighted by atomic mass is 10.0.